The fourth-order valence-corrected chi connectivity index (χ4v) is 4.89. The van der Waals surface area contributed by atoms with Gasteiger partial charge in [-0.3, -0.25) is 14.4 Å². The second kappa shape index (κ2) is 9.24. The molecule has 1 heterocycles. The van der Waals surface area contributed by atoms with Gasteiger partial charge in [0.05, 0.1) is 0 Å². The van der Waals surface area contributed by atoms with Crippen LogP contribution in [0.15, 0.2) is 24.3 Å². The van der Waals surface area contributed by atoms with E-state index < -0.39 is 29.1 Å². The number of Topliss-reactive ketones (excluding diaryl/α,β-unsaturated/α-hetero) is 1. The summed E-state index contributed by atoms with van der Waals surface area (Å²) in [5.41, 5.74) is 0.260. The Bertz CT molecular complexity index is 856. The molecular formula is C24H30F3NO4. The zero-order chi connectivity index (χ0) is 23.6. The van der Waals surface area contributed by atoms with Crippen LogP contribution in [-0.2, 0) is 31.0 Å². The number of carbonyl (C=O) groups is 3. The number of carbonyl (C=O) groups excluding carboxylic acids is 3. The summed E-state index contributed by atoms with van der Waals surface area (Å²) in [5.74, 6) is -2.32. The standard InChI is InChI=1S/C24H30F3NO4/c1-22(2,15-28-21(31)24(25,26)27)18-9-5-6-16(12-18)10-11-23(17-7-3-4-8-17)14-19(29)13-20(30)32-23/h5-6,9,12,17H,3-4,7-8,10-11,13-15H2,1-2H3,(H,28,31). The third-order valence-corrected chi connectivity index (χ3v) is 6.75. The van der Waals surface area contributed by atoms with E-state index in [0.29, 0.717) is 12.8 Å². The van der Waals surface area contributed by atoms with E-state index in [-0.39, 0.29) is 31.1 Å². The first-order valence-electron chi connectivity index (χ1n) is 11.1. The molecule has 8 heteroatoms. The summed E-state index contributed by atoms with van der Waals surface area (Å²) in [6.07, 6.45) is 0.275. The number of hydrogen-bond acceptors (Lipinski definition) is 4. The van der Waals surface area contributed by atoms with Gasteiger partial charge in [0.25, 0.3) is 0 Å². The van der Waals surface area contributed by atoms with E-state index in [9.17, 15) is 27.6 Å². The van der Waals surface area contributed by atoms with Gasteiger partial charge in [-0.25, -0.2) is 0 Å². The molecule has 0 spiro atoms. The minimum absolute atomic E-state index is 0.0801. The van der Waals surface area contributed by atoms with Crippen LogP contribution < -0.4 is 5.32 Å². The molecule has 1 aliphatic carbocycles. The second-order valence-electron chi connectivity index (χ2n) is 9.68. The number of benzene rings is 1. The Morgan fingerprint density at radius 2 is 1.88 bits per heavy atom. The van der Waals surface area contributed by atoms with Gasteiger partial charge in [-0.1, -0.05) is 51.0 Å². The molecule has 1 saturated carbocycles. The van der Waals surface area contributed by atoms with E-state index in [0.717, 1.165) is 36.8 Å². The summed E-state index contributed by atoms with van der Waals surface area (Å²) < 4.78 is 43.4. The topological polar surface area (TPSA) is 72.5 Å². The molecule has 2 aliphatic rings. The first-order valence-corrected chi connectivity index (χ1v) is 11.1. The molecule has 1 aromatic rings. The maximum absolute atomic E-state index is 12.5. The lowest BCUT2D eigenvalue weighted by molar-refractivity contribution is -0.178. The molecule has 3 rings (SSSR count). The average Bonchev–Trinajstić information content (AvgIpc) is 3.25. The number of ketones is 1. The Balaban J connectivity index is 1.72. The van der Waals surface area contributed by atoms with Crippen LogP contribution >= 0.6 is 0 Å². The largest absolute Gasteiger partial charge is 0.471 e. The number of ether oxygens (including phenoxy) is 1. The van der Waals surface area contributed by atoms with Crippen molar-refractivity contribution in [2.45, 2.75) is 82.4 Å². The van der Waals surface area contributed by atoms with Crippen molar-refractivity contribution in [1.29, 1.82) is 0 Å². The van der Waals surface area contributed by atoms with Crippen molar-refractivity contribution in [3.05, 3.63) is 35.4 Å². The molecule has 1 atom stereocenters. The predicted molar refractivity (Wildman–Crippen MR) is 112 cm³/mol. The number of nitrogens with one attached hydrogen (secondary N) is 1. The Morgan fingerprint density at radius 1 is 1.19 bits per heavy atom. The molecule has 1 saturated heterocycles. The molecular weight excluding hydrogens is 423 g/mol. The van der Waals surface area contributed by atoms with E-state index in [1.165, 1.54) is 0 Å². The van der Waals surface area contributed by atoms with Gasteiger partial charge in [0.2, 0.25) is 0 Å². The van der Waals surface area contributed by atoms with Gasteiger partial charge < -0.3 is 10.1 Å². The molecule has 0 aromatic heterocycles. The fourth-order valence-electron chi connectivity index (χ4n) is 4.89. The van der Waals surface area contributed by atoms with Gasteiger partial charge in [-0.15, -0.1) is 0 Å². The van der Waals surface area contributed by atoms with Crippen LogP contribution in [0.1, 0.15) is 69.9 Å². The number of rotatable bonds is 7. The van der Waals surface area contributed by atoms with Gasteiger partial charge in [0.15, 0.2) is 0 Å². The number of cyclic esters (lactones) is 1. The molecule has 1 N–H and O–H groups in total. The maximum atomic E-state index is 12.5. The fraction of sp³-hybridized carbons (Fsp3) is 0.625. The van der Waals surface area contributed by atoms with Crippen LogP contribution in [0, 0.1) is 5.92 Å². The Morgan fingerprint density at radius 3 is 2.50 bits per heavy atom. The van der Waals surface area contributed by atoms with Gasteiger partial charge in [0.1, 0.15) is 17.8 Å². The Kier molecular flexibility index (Phi) is 7.00. The lowest BCUT2D eigenvalue weighted by atomic mass is 9.75. The Hall–Kier alpha value is -2.38. The number of hydrogen-bond donors (Lipinski definition) is 1. The van der Waals surface area contributed by atoms with Gasteiger partial charge in [-0.2, -0.15) is 13.2 Å². The second-order valence-corrected chi connectivity index (χ2v) is 9.68. The quantitative estimate of drug-likeness (QED) is 0.490. The van der Waals surface area contributed by atoms with Crippen LogP contribution in [0.25, 0.3) is 0 Å². The summed E-state index contributed by atoms with van der Waals surface area (Å²) in [4.78, 5) is 35.5. The van der Waals surface area contributed by atoms with E-state index >= 15 is 0 Å². The van der Waals surface area contributed by atoms with Crippen molar-refractivity contribution in [2.75, 3.05) is 6.54 Å². The molecule has 0 bridgehead atoms. The molecule has 5 nitrogen and oxygen atoms in total. The van der Waals surface area contributed by atoms with Crippen molar-refractivity contribution in [1.82, 2.24) is 5.32 Å². The van der Waals surface area contributed by atoms with Crippen molar-refractivity contribution in [3.8, 4) is 0 Å². The number of amides is 1. The summed E-state index contributed by atoms with van der Waals surface area (Å²) >= 11 is 0. The van der Waals surface area contributed by atoms with Gasteiger partial charge >= 0.3 is 18.1 Å². The zero-order valence-corrected chi connectivity index (χ0v) is 18.5. The van der Waals surface area contributed by atoms with Crippen LogP contribution in [0.2, 0.25) is 0 Å². The first-order chi connectivity index (χ1) is 14.9. The van der Waals surface area contributed by atoms with Gasteiger partial charge in [-0.05, 0) is 42.7 Å². The number of aryl methyl sites for hydroxylation is 1. The minimum Gasteiger partial charge on any atom is -0.458 e. The molecule has 176 valence electrons. The van der Waals surface area contributed by atoms with Crippen molar-refractivity contribution in [3.63, 3.8) is 0 Å². The van der Waals surface area contributed by atoms with Crippen LogP contribution in [0.3, 0.4) is 0 Å². The highest BCUT2D eigenvalue weighted by molar-refractivity contribution is 5.98. The molecule has 2 fully saturated rings. The molecule has 1 aliphatic heterocycles. The summed E-state index contributed by atoms with van der Waals surface area (Å²) in [7, 11) is 0. The van der Waals surface area contributed by atoms with E-state index in [1.54, 1.807) is 13.8 Å². The lowest BCUT2D eigenvalue weighted by Gasteiger charge is -2.41. The van der Waals surface area contributed by atoms with Crippen molar-refractivity contribution >= 4 is 17.7 Å². The number of esters is 1. The Labute approximate surface area is 186 Å². The third-order valence-electron chi connectivity index (χ3n) is 6.75. The highest BCUT2D eigenvalue weighted by atomic mass is 19.4. The van der Waals surface area contributed by atoms with E-state index in [1.807, 2.05) is 29.6 Å². The summed E-state index contributed by atoms with van der Waals surface area (Å²) in [6, 6.07) is 7.48. The predicted octanol–water partition coefficient (Wildman–Crippen LogP) is 4.41. The molecule has 1 amide bonds. The lowest BCUT2D eigenvalue weighted by Crippen LogP contribution is -2.48. The molecule has 1 unspecified atom stereocenters. The number of halogens is 3. The average molecular weight is 454 g/mol. The van der Waals surface area contributed by atoms with Crippen LogP contribution in [-0.4, -0.2) is 36.0 Å². The monoisotopic (exact) mass is 453 g/mol. The smallest absolute Gasteiger partial charge is 0.458 e. The van der Waals surface area contributed by atoms with Gasteiger partial charge in [0, 0.05) is 18.4 Å². The summed E-state index contributed by atoms with van der Waals surface area (Å²) in [6.45, 7) is 3.38. The summed E-state index contributed by atoms with van der Waals surface area (Å²) in [5, 5.41) is 1.96. The van der Waals surface area contributed by atoms with Crippen molar-refractivity contribution < 1.29 is 32.3 Å². The maximum Gasteiger partial charge on any atom is 0.471 e. The van der Waals surface area contributed by atoms with E-state index in [2.05, 4.69) is 0 Å². The normalized spacial score (nSPS) is 22.7. The van der Waals surface area contributed by atoms with Crippen LogP contribution in [0.5, 0.6) is 0 Å². The highest BCUT2D eigenvalue weighted by Crippen LogP contribution is 2.44. The first kappa shape index (κ1) is 24.3. The highest BCUT2D eigenvalue weighted by Gasteiger charge is 2.47. The van der Waals surface area contributed by atoms with E-state index in [4.69, 9.17) is 4.74 Å². The number of alkyl halides is 3. The zero-order valence-electron chi connectivity index (χ0n) is 18.5. The minimum atomic E-state index is -4.92. The molecule has 1 aromatic carbocycles. The van der Waals surface area contributed by atoms with Crippen LogP contribution in [0.4, 0.5) is 13.2 Å². The molecule has 32 heavy (non-hydrogen) atoms. The molecule has 0 radical (unpaired) electrons. The van der Waals surface area contributed by atoms with Crippen molar-refractivity contribution in [2.24, 2.45) is 5.92 Å². The third kappa shape index (κ3) is 5.70. The SMILES string of the molecule is CC(C)(CNC(=O)C(F)(F)F)c1cccc(CCC2(C3CCCC3)CC(=O)CC(=O)O2)c1.